The molecule has 1 aromatic rings. The third-order valence-corrected chi connectivity index (χ3v) is 5.57. The van der Waals surface area contributed by atoms with E-state index in [4.69, 9.17) is 9.59 Å². The van der Waals surface area contributed by atoms with Crippen LogP contribution in [0.25, 0.3) is 0 Å². The van der Waals surface area contributed by atoms with Crippen LogP contribution in [0.4, 0.5) is 4.39 Å². The summed E-state index contributed by atoms with van der Waals surface area (Å²) < 4.78 is 11.9. The van der Waals surface area contributed by atoms with E-state index in [1.807, 2.05) is 13.6 Å². The molecule has 5 nitrogen and oxygen atoms in total. The van der Waals surface area contributed by atoms with E-state index in [1.54, 1.807) is 18.2 Å². The van der Waals surface area contributed by atoms with Crippen molar-refractivity contribution >= 4 is 13.6 Å². The van der Waals surface area contributed by atoms with Gasteiger partial charge in [0.1, 0.15) is 19.4 Å². The van der Waals surface area contributed by atoms with E-state index >= 15 is 0 Å². The number of piperazine rings is 1. The van der Waals surface area contributed by atoms with E-state index < -0.39 is 0 Å². The van der Waals surface area contributed by atoms with Gasteiger partial charge < -0.3 is 19.8 Å². The molecule has 1 aromatic carbocycles. The maximum Gasteiger partial charge on any atom is 0.123 e. The first-order chi connectivity index (χ1) is 14.5. The molecular formula is C24H42FN3O2. The number of hydrogen-bond donors (Lipinski definition) is 1. The van der Waals surface area contributed by atoms with E-state index in [2.05, 4.69) is 36.0 Å². The summed E-state index contributed by atoms with van der Waals surface area (Å²) in [5.41, 5.74) is 0. The van der Waals surface area contributed by atoms with Crippen LogP contribution in [0.1, 0.15) is 39.5 Å². The second kappa shape index (κ2) is 18.2. The molecule has 2 aliphatic heterocycles. The highest BCUT2D eigenvalue weighted by molar-refractivity contribution is 5.11. The fourth-order valence-electron chi connectivity index (χ4n) is 3.31. The number of nitrogens with one attached hydrogen (secondary N) is 1. The molecule has 2 heterocycles. The normalized spacial score (nSPS) is 21.8. The molecule has 1 aliphatic carbocycles. The van der Waals surface area contributed by atoms with Crippen molar-refractivity contribution in [3.05, 3.63) is 36.1 Å². The number of carbonyl (C=O) groups excluding carboxylic acids is 2. The smallest absolute Gasteiger partial charge is 0.123 e. The van der Waals surface area contributed by atoms with E-state index in [9.17, 15) is 4.39 Å². The van der Waals surface area contributed by atoms with Crippen molar-refractivity contribution in [3.8, 4) is 0 Å². The summed E-state index contributed by atoms with van der Waals surface area (Å²) in [5, 5.41) is 3.46. The van der Waals surface area contributed by atoms with Crippen molar-refractivity contribution in [1.82, 2.24) is 15.1 Å². The molecule has 0 spiro atoms. The number of likely N-dealkylation sites (tertiary alicyclic amines) is 1. The third-order valence-electron chi connectivity index (χ3n) is 5.57. The lowest BCUT2D eigenvalue weighted by Gasteiger charge is -2.38. The highest BCUT2D eigenvalue weighted by Crippen LogP contribution is 2.26. The number of hydrogen-bond acceptors (Lipinski definition) is 5. The molecule has 4 rings (SSSR count). The summed E-state index contributed by atoms with van der Waals surface area (Å²) in [5.74, 6) is 1.85. The van der Waals surface area contributed by atoms with Crippen molar-refractivity contribution in [2.75, 3.05) is 46.3 Å². The Hall–Kier alpha value is -1.63. The Labute approximate surface area is 183 Å². The predicted molar refractivity (Wildman–Crippen MR) is 123 cm³/mol. The van der Waals surface area contributed by atoms with Crippen molar-refractivity contribution in [2.24, 2.45) is 11.8 Å². The zero-order valence-electron chi connectivity index (χ0n) is 19.2. The van der Waals surface area contributed by atoms with Gasteiger partial charge in [-0.15, -0.1) is 0 Å². The van der Waals surface area contributed by atoms with Crippen LogP contribution in [0.15, 0.2) is 30.3 Å². The van der Waals surface area contributed by atoms with E-state index in [0.29, 0.717) is 0 Å². The molecule has 2 saturated heterocycles. The highest BCUT2D eigenvalue weighted by atomic mass is 19.1. The first kappa shape index (κ1) is 28.4. The second-order valence-corrected chi connectivity index (χ2v) is 8.27. The van der Waals surface area contributed by atoms with Gasteiger partial charge in [0.2, 0.25) is 0 Å². The predicted octanol–water partition coefficient (Wildman–Crippen LogP) is 3.49. The lowest BCUT2D eigenvalue weighted by molar-refractivity contribution is -0.0987. The molecule has 0 amide bonds. The molecule has 0 bridgehead atoms. The molecule has 1 saturated carbocycles. The number of halogens is 1. The van der Waals surface area contributed by atoms with Crippen LogP contribution in [0, 0.1) is 17.7 Å². The first-order valence-electron chi connectivity index (χ1n) is 11.0. The Balaban J connectivity index is 0.000000463. The molecule has 30 heavy (non-hydrogen) atoms. The van der Waals surface area contributed by atoms with Gasteiger partial charge in [-0.1, -0.05) is 38.0 Å². The van der Waals surface area contributed by atoms with Crippen molar-refractivity contribution in [1.29, 1.82) is 0 Å². The summed E-state index contributed by atoms with van der Waals surface area (Å²) in [6, 6.07) is 8.67. The zero-order chi connectivity index (χ0) is 22.8. The minimum atomic E-state index is -0.178. The van der Waals surface area contributed by atoms with Crippen LogP contribution in [-0.4, -0.2) is 75.7 Å². The van der Waals surface area contributed by atoms with E-state index in [0.717, 1.165) is 17.9 Å². The average Bonchev–Trinajstić information content (AvgIpc) is 3.58. The minimum absolute atomic E-state index is 0.178. The second-order valence-electron chi connectivity index (χ2n) is 8.27. The molecule has 0 aromatic heterocycles. The van der Waals surface area contributed by atoms with E-state index in [1.165, 1.54) is 77.1 Å². The molecule has 3 aliphatic rings. The Bertz CT molecular complexity index is 506. The topological polar surface area (TPSA) is 52.7 Å². The summed E-state index contributed by atoms with van der Waals surface area (Å²) in [4.78, 5) is 21.1. The van der Waals surface area contributed by atoms with Crippen LogP contribution in [-0.2, 0) is 9.59 Å². The van der Waals surface area contributed by atoms with E-state index in [-0.39, 0.29) is 5.82 Å². The maximum atomic E-state index is 11.9. The molecular weight excluding hydrogens is 381 g/mol. The van der Waals surface area contributed by atoms with Crippen LogP contribution >= 0.6 is 0 Å². The van der Waals surface area contributed by atoms with Gasteiger partial charge in [-0.2, -0.15) is 0 Å². The van der Waals surface area contributed by atoms with Gasteiger partial charge in [0, 0.05) is 32.2 Å². The molecule has 172 valence electrons. The van der Waals surface area contributed by atoms with Crippen LogP contribution in [0.3, 0.4) is 0 Å². The van der Waals surface area contributed by atoms with Crippen LogP contribution < -0.4 is 5.32 Å². The van der Waals surface area contributed by atoms with Gasteiger partial charge >= 0.3 is 0 Å². The zero-order valence-corrected chi connectivity index (χ0v) is 19.2. The third kappa shape index (κ3) is 14.4. The lowest BCUT2D eigenvalue weighted by Crippen LogP contribution is -2.51. The Morgan fingerprint density at radius 3 is 1.90 bits per heavy atom. The highest BCUT2D eigenvalue weighted by Gasteiger charge is 2.23. The summed E-state index contributed by atoms with van der Waals surface area (Å²) in [6.45, 7) is 16.1. The largest absolute Gasteiger partial charge is 0.314 e. The average molecular weight is 424 g/mol. The van der Waals surface area contributed by atoms with Gasteiger partial charge in [-0.05, 0) is 63.9 Å². The molecule has 3 fully saturated rings. The fraction of sp³-hybridized carbons (Fsp3) is 0.667. The van der Waals surface area contributed by atoms with Gasteiger partial charge in [-0.3, -0.25) is 4.90 Å². The molecule has 0 radical (unpaired) electrons. The van der Waals surface area contributed by atoms with Crippen molar-refractivity contribution in [2.45, 2.75) is 45.6 Å². The monoisotopic (exact) mass is 423 g/mol. The standard InChI is InChI=1S/C12H25N3.C6H5F.C4H8.2CH2O/c1-11-9-13-5-8-15(11)10-12-3-6-14(2)7-4-12;7-6-4-2-1-3-5-6;1-4-2-3-4;2*1-2/h11-13H,3-10H2,1-2H3;1-5H;4H,2-3H2,1H3;2*1H2. The Morgan fingerprint density at radius 1 is 0.967 bits per heavy atom. The van der Waals surface area contributed by atoms with Crippen LogP contribution in [0.5, 0.6) is 0 Å². The fourth-order valence-corrected chi connectivity index (χ4v) is 3.31. The molecule has 1 unspecified atom stereocenters. The summed E-state index contributed by atoms with van der Waals surface area (Å²) in [7, 11) is 2.24. The number of carbonyl (C=O) groups is 2. The molecule has 1 atom stereocenters. The molecule has 1 N–H and O–H groups in total. The lowest BCUT2D eigenvalue weighted by atomic mass is 9.95. The van der Waals surface area contributed by atoms with Crippen LogP contribution in [0.2, 0.25) is 0 Å². The van der Waals surface area contributed by atoms with Crippen molar-refractivity contribution < 1.29 is 14.0 Å². The summed E-state index contributed by atoms with van der Waals surface area (Å²) >= 11 is 0. The Morgan fingerprint density at radius 2 is 1.50 bits per heavy atom. The number of piperidine rings is 1. The van der Waals surface area contributed by atoms with Gasteiger partial charge in [0.05, 0.1) is 0 Å². The number of benzene rings is 1. The number of nitrogens with zero attached hydrogens (tertiary/aromatic N) is 2. The molecule has 6 heteroatoms. The quantitative estimate of drug-likeness (QED) is 0.789. The first-order valence-corrected chi connectivity index (χ1v) is 11.0. The summed E-state index contributed by atoms with van der Waals surface area (Å²) in [6.07, 6.45) is 5.76. The van der Waals surface area contributed by atoms with Gasteiger partial charge in [-0.25, -0.2) is 4.39 Å². The van der Waals surface area contributed by atoms with Crippen molar-refractivity contribution in [3.63, 3.8) is 0 Å². The number of rotatable bonds is 2. The van der Waals surface area contributed by atoms with Gasteiger partial charge in [0.15, 0.2) is 0 Å². The Kier molecular flexibility index (Phi) is 17.2. The van der Waals surface area contributed by atoms with Gasteiger partial charge in [0.25, 0.3) is 0 Å². The SMILES string of the molecule is C=O.C=O.CC1CC1.CC1CNCCN1CC1CCN(C)CC1.Fc1ccccc1. The maximum absolute atomic E-state index is 11.9. The minimum Gasteiger partial charge on any atom is -0.314 e.